The summed E-state index contributed by atoms with van der Waals surface area (Å²) in [6, 6.07) is 17.2. The number of thiazole rings is 1. The molecule has 0 unspecified atom stereocenters. The van der Waals surface area contributed by atoms with Crippen LogP contribution in [0.4, 0.5) is 5.13 Å². The summed E-state index contributed by atoms with van der Waals surface area (Å²) in [5.41, 5.74) is 5.32. The van der Waals surface area contributed by atoms with Crippen LogP contribution in [0.3, 0.4) is 0 Å². The van der Waals surface area contributed by atoms with E-state index >= 15 is 0 Å². The lowest BCUT2D eigenvalue weighted by Crippen LogP contribution is -2.07. The first-order chi connectivity index (χ1) is 10.7. The minimum Gasteiger partial charge on any atom is -0.294 e. The van der Waals surface area contributed by atoms with E-state index in [2.05, 4.69) is 15.5 Å². The average Bonchev–Trinajstić information content (AvgIpc) is 2.96. The molecule has 0 bridgehead atoms. The fraction of sp³-hybridized carbons (Fsp3) is 0.118. The van der Waals surface area contributed by atoms with E-state index in [1.54, 1.807) is 11.3 Å². The summed E-state index contributed by atoms with van der Waals surface area (Å²) in [6.07, 6.45) is 0.294. The van der Waals surface area contributed by atoms with E-state index in [1.807, 2.05) is 61.5 Å². The molecule has 0 aliphatic heterocycles. The van der Waals surface area contributed by atoms with E-state index in [0.29, 0.717) is 12.0 Å². The third kappa shape index (κ3) is 3.38. The van der Waals surface area contributed by atoms with E-state index in [-0.39, 0.29) is 5.78 Å². The first-order valence-electron chi connectivity index (χ1n) is 6.95. The molecule has 0 saturated carbocycles. The summed E-state index contributed by atoms with van der Waals surface area (Å²) < 4.78 is 1.11. The van der Waals surface area contributed by atoms with Gasteiger partial charge in [0.1, 0.15) is 0 Å². The van der Waals surface area contributed by atoms with Crippen molar-refractivity contribution in [2.75, 3.05) is 5.43 Å². The highest BCUT2D eigenvalue weighted by atomic mass is 32.1. The summed E-state index contributed by atoms with van der Waals surface area (Å²) in [4.78, 5) is 16.5. The summed E-state index contributed by atoms with van der Waals surface area (Å²) in [5.74, 6) is 0.0629. The number of fused-ring (bicyclic) bond motifs is 1. The highest BCUT2D eigenvalue weighted by Gasteiger charge is 2.07. The van der Waals surface area contributed by atoms with Crippen molar-refractivity contribution in [2.45, 2.75) is 13.3 Å². The maximum Gasteiger partial charge on any atom is 0.204 e. The molecule has 0 aliphatic rings. The Morgan fingerprint density at radius 1 is 1.14 bits per heavy atom. The number of carbonyl (C=O) groups excluding carboxylic acids is 1. The van der Waals surface area contributed by atoms with Gasteiger partial charge in [-0.2, -0.15) is 5.10 Å². The number of nitrogens with zero attached hydrogens (tertiary/aromatic N) is 2. The molecular weight excluding hydrogens is 294 g/mol. The van der Waals surface area contributed by atoms with E-state index in [4.69, 9.17) is 0 Å². The number of carbonyl (C=O) groups is 1. The van der Waals surface area contributed by atoms with Gasteiger partial charge in [-0.05, 0) is 19.1 Å². The Morgan fingerprint density at radius 2 is 1.86 bits per heavy atom. The highest BCUT2D eigenvalue weighted by molar-refractivity contribution is 7.22. The van der Waals surface area contributed by atoms with Crippen molar-refractivity contribution in [3.05, 3.63) is 60.2 Å². The Morgan fingerprint density at radius 3 is 2.64 bits per heavy atom. The molecular formula is C17H15N3OS. The van der Waals surface area contributed by atoms with Crippen LogP contribution >= 0.6 is 11.3 Å². The van der Waals surface area contributed by atoms with Crippen LogP contribution in [0.15, 0.2) is 59.7 Å². The lowest BCUT2D eigenvalue weighted by Gasteiger charge is -2.01. The van der Waals surface area contributed by atoms with Gasteiger partial charge >= 0.3 is 0 Å². The number of hydrogen-bond donors (Lipinski definition) is 1. The van der Waals surface area contributed by atoms with Crippen molar-refractivity contribution >= 4 is 38.2 Å². The number of benzene rings is 2. The molecule has 22 heavy (non-hydrogen) atoms. The lowest BCUT2D eigenvalue weighted by atomic mass is 10.1. The number of hydrogen-bond acceptors (Lipinski definition) is 5. The van der Waals surface area contributed by atoms with Gasteiger partial charge in [0, 0.05) is 11.3 Å². The Balaban J connectivity index is 1.66. The van der Waals surface area contributed by atoms with Gasteiger partial charge in [0.05, 0.1) is 16.6 Å². The van der Waals surface area contributed by atoms with Crippen molar-refractivity contribution in [3.63, 3.8) is 0 Å². The molecule has 5 heteroatoms. The molecule has 2 aromatic carbocycles. The number of ketones is 1. The number of hydrazone groups is 1. The Kier molecular flexibility index (Phi) is 4.25. The predicted molar refractivity (Wildman–Crippen MR) is 91.7 cm³/mol. The zero-order valence-electron chi connectivity index (χ0n) is 12.1. The van der Waals surface area contributed by atoms with Gasteiger partial charge in [0.15, 0.2) is 5.78 Å². The van der Waals surface area contributed by atoms with E-state index < -0.39 is 0 Å². The van der Waals surface area contributed by atoms with Gasteiger partial charge in [-0.15, -0.1) is 0 Å². The molecule has 1 aromatic heterocycles. The molecule has 1 heterocycles. The topological polar surface area (TPSA) is 54.4 Å². The van der Waals surface area contributed by atoms with Gasteiger partial charge < -0.3 is 0 Å². The lowest BCUT2D eigenvalue weighted by molar-refractivity contribution is 0.100. The van der Waals surface area contributed by atoms with Crippen LogP contribution in [0, 0.1) is 0 Å². The molecule has 0 spiro atoms. The van der Waals surface area contributed by atoms with E-state index in [0.717, 1.165) is 21.1 Å². The zero-order chi connectivity index (χ0) is 15.4. The number of anilines is 1. The smallest absolute Gasteiger partial charge is 0.204 e. The largest absolute Gasteiger partial charge is 0.294 e. The Bertz CT molecular complexity index is 791. The summed E-state index contributed by atoms with van der Waals surface area (Å²) >= 11 is 1.54. The highest BCUT2D eigenvalue weighted by Crippen LogP contribution is 2.25. The van der Waals surface area contributed by atoms with Crippen LogP contribution in [0.1, 0.15) is 23.7 Å². The minimum atomic E-state index is 0.0629. The minimum absolute atomic E-state index is 0.0629. The molecule has 0 saturated heterocycles. The zero-order valence-corrected chi connectivity index (χ0v) is 12.9. The summed E-state index contributed by atoms with van der Waals surface area (Å²) in [5, 5.41) is 4.98. The molecule has 3 aromatic rings. The van der Waals surface area contributed by atoms with Gasteiger partial charge in [-0.3, -0.25) is 10.2 Å². The van der Waals surface area contributed by atoms with Crippen LogP contribution in [-0.4, -0.2) is 16.5 Å². The number of rotatable bonds is 5. The third-order valence-corrected chi connectivity index (χ3v) is 4.09. The normalized spacial score (nSPS) is 11.6. The maximum atomic E-state index is 12.1. The van der Waals surface area contributed by atoms with Crippen molar-refractivity contribution in [2.24, 2.45) is 5.10 Å². The van der Waals surface area contributed by atoms with Crippen LogP contribution in [0.2, 0.25) is 0 Å². The van der Waals surface area contributed by atoms with Crippen molar-refractivity contribution in [1.29, 1.82) is 0 Å². The van der Waals surface area contributed by atoms with Crippen molar-refractivity contribution < 1.29 is 4.79 Å². The fourth-order valence-electron chi connectivity index (χ4n) is 2.06. The SMILES string of the molecule is C/C(CC(=O)c1ccccc1)=N\Nc1nc2ccccc2s1. The first-order valence-corrected chi connectivity index (χ1v) is 7.77. The molecule has 110 valence electrons. The molecule has 3 rings (SSSR count). The quantitative estimate of drug-likeness (QED) is 0.433. The second-order valence-corrected chi connectivity index (χ2v) is 5.94. The second-order valence-electron chi connectivity index (χ2n) is 4.91. The number of Topliss-reactive ketones (excluding diaryl/α,β-unsaturated/α-hetero) is 1. The molecule has 0 amide bonds. The van der Waals surface area contributed by atoms with Crippen LogP contribution in [0.5, 0.6) is 0 Å². The standard InChI is InChI=1S/C17H15N3OS/c1-12(11-15(21)13-7-3-2-4-8-13)19-20-17-18-14-9-5-6-10-16(14)22-17/h2-10H,11H2,1H3,(H,18,20)/b19-12+. The van der Waals surface area contributed by atoms with Crippen molar-refractivity contribution in [1.82, 2.24) is 4.98 Å². The second kappa shape index (κ2) is 6.49. The maximum absolute atomic E-state index is 12.1. The molecule has 0 fully saturated rings. The van der Waals surface area contributed by atoms with Crippen molar-refractivity contribution in [3.8, 4) is 0 Å². The van der Waals surface area contributed by atoms with Gasteiger partial charge in [0.25, 0.3) is 0 Å². The van der Waals surface area contributed by atoms with Gasteiger partial charge in [0.2, 0.25) is 5.13 Å². The number of aromatic nitrogens is 1. The molecule has 4 nitrogen and oxygen atoms in total. The molecule has 0 aliphatic carbocycles. The van der Waals surface area contributed by atoms with Crippen LogP contribution < -0.4 is 5.43 Å². The molecule has 0 radical (unpaired) electrons. The monoisotopic (exact) mass is 309 g/mol. The Hall–Kier alpha value is -2.53. The summed E-state index contributed by atoms with van der Waals surface area (Å²) in [6.45, 7) is 1.83. The predicted octanol–water partition coefficient (Wildman–Crippen LogP) is 4.36. The first kappa shape index (κ1) is 14.4. The Labute approximate surface area is 132 Å². The van der Waals surface area contributed by atoms with Gasteiger partial charge in [-0.25, -0.2) is 4.98 Å². The number of nitrogens with one attached hydrogen (secondary N) is 1. The van der Waals surface area contributed by atoms with E-state index in [1.165, 1.54) is 0 Å². The molecule has 0 atom stereocenters. The summed E-state index contributed by atoms with van der Waals surface area (Å²) in [7, 11) is 0. The van der Waals surface area contributed by atoms with Gasteiger partial charge in [-0.1, -0.05) is 53.8 Å². The fourth-order valence-corrected chi connectivity index (χ4v) is 2.87. The van der Waals surface area contributed by atoms with Crippen LogP contribution in [-0.2, 0) is 0 Å². The average molecular weight is 309 g/mol. The van der Waals surface area contributed by atoms with E-state index in [9.17, 15) is 4.79 Å². The number of para-hydroxylation sites is 1. The molecule has 1 N–H and O–H groups in total. The van der Waals surface area contributed by atoms with Crippen LogP contribution in [0.25, 0.3) is 10.2 Å². The third-order valence-electron chi connectivity index (χ3n) is 3.15.